The summed E-state index contributed by atoms with van der Waals surface area (Å²) in [7, 11) is 0. The Morgan fingerprint density at radius 1 is 1.19 bits per heavy atom. The van der Waals surface area contributed by atoms with Gasteiger partial charge in [0, 0.05) is 17.8 Å². The summed E-state index contributed by atoms with van der Waals surface area (Å²) in [6, 6.07) is 14.2. The molecule has 0 aliphatic rings. The van der Waals surface area contributed by atoms with Crippen molar-refractivity contribution in [3.8, 4) is 5.75 Å². The highest BCUT2D eigenvalue weighted by molar-refractivity contribution is 6.06. The lowest BCUT2D eigenvalue weighted by Crippen LogP contribution is -2.33. The van der Waals surface area contributed by atoms with Crippen LogP contribution in [0.2, 0.25) is 0 Å². The third-order valence-electron chi connectivity index (χ3n) is 3.24. The Hall–Kier alpha value is -2.33. The number of nitrogens with two attached hydrogens (primary N) is 1. The van der Waals surface area contributed by atoms with Crippen LogP contribution in [0.5, 0.6) is 5.75 Å². The number of phenols is 1. The van der Waals surface area contributed by atoms with Crippen LogP contribution in [-0.4, -0.2) is 24.1 Å². The summed E-state index contributed by atoms with van der Waals surface area (Å²) < 4.78 is 0. The number of hydrogen-bond acceptors (Lipinski definition) is 3. The number of amides is 1. The van der Waals surface area contributed by atoms with E-state index in [1.54, 1.807) is 23.1 Å². The lowest BCUT2D eigenvalue weighted by Gasteiger charge is -2.23. The van der Waals surface area contributed by atoms with Crippen LogP contribution in [0, 0.1) is 6.92 Å². The van der Waals surface area contributed by atoms with Gasteiger partial charge in [0.2, 0.25) is 0 Å². The highest BCUT2D eigenvalue weighted by Crippen LogP contribution is 2.20. The molecule has 0 saturated heterocycles. The van der Waals surface area contributed by atoms with Crippen LogP contribution < -0.4 is 10.6 Å². The third kappa shape index (κ3) is 3.83. The Kier molecular flexibility index (Phi) is 4.95. The van der Waals surface area contributed by atoms with Crippen LogP contribution in [0.3, 0.4) is 0 Å². The van der Waals surface area contributed by atoms with Crippen molar-refractivity contribution in [2.24, 2.45) is 5.73 Å². The number of rotatable bonds is 5. The molecule has 2 aromatic carbocycles. The van der Waals surface area contributed by atoms with Gasteiger partial charge in [-0.2, -0.15) is 0 Å². The number of aryl methyl sites for hydroxylation is 1. The number of carbonyl (C=O) groups is 1. The molecular weight excluding hydrogens is 264 g/mol. The molecule has 0 spiro atoms. The molecule has 0 aliphatic carbocycles. The predicted molar refractivity (Wildman–Crippen MR) is 84.6 cm³/mol. The Labute approximate surface area is 124 Å². The van der Waals surface area contributed by atoms with E-state index >= 15 is 0 Å². The van der Waals surface area contributed by atoms with Crippen molar-refractivity contribution in [2.45, 2.75) is 13.3 Å². The van der Waals surface area contributed by atoms with Gasteiger partial charge in [0.05, 0.1) is 0 Å². The molecule has 3 N–H and O–H groups in total. The molecule has 4 nitrogen and oxygen atoms in total. The number of benzene rings is 2. The van der Waals surface area contributed by atoms with E-state index < -0.39 is 0 Å². The fourth-order valence-electron chi connectivity index (χ4n) is 2.19. The maximum Gasteiger partial charge on any atom is 0.258 e. The summed E-state index contributed by atoms with van der Waals surface area (Å²) in [5.74, 6) is -0.0474. The average Bonchev–Trinajstić information content (AvgIpc) is 2.47. The van der Waals surface area contributed by atoms with Gasteiger partial charge in [0.1, 0.15) is 5.75 Å². The Balaban J connectivity index is 2.33. The first-order valence-corrected chi connectivity index (χ1v) is 6.99. The minimum Gasteiger partial charge on any atom is -0.508 e. The van der Waals surface area contributed by atoms with E-state index in [4.69, 9.17) is 5.73 Å². The van der Waals surface area contributed by atoms with Gasteiger partial charge in [-0.1, -0.05) is 18.2 Å². The average molecular weight is 284 g/mol. The number of aromatic hydroxyl groups is 1. The molecule has 0 unspecified atom stereocenters. The van der Waals surface area contributed by atoms with Crippen molar-refractivity contribution in [2.75, 3.05) is 18.0 Å². The molecule has 0 saturated carbocycles. The summed E-state index contributed by atoms with van der Waals surface area (Å²) in [5, 5.41) is 9.54. The third-order valence-corrected chi connectivity index (χ3v) is 3.24. The van der Waals surface area contributed by atoms with Gasteiger partial charge in [0.25, 0.3) is 5.91 Å². The summed E-state index contributed by atoms with van der Waals surface area (Å²) in [6.07, 6.45) is 0.721. The topological polar surface area (TPSA) is 66.6 Å². The number of hydrogen-bond donors (Lipinski definition) is 2. The minimum atomic E-state index is -0.134. The normalized spacial score (nSPS) is 10.4. The standard InChI is InChI=1S/C17H20N2O2/c1-13-5-2-7-15(11-13)19(10-4-9-18)17(21)14-6-3-8-16(20)12-14/h2-3,5-8,11-12,20H,4,9-10,18H2,1H3. The van der Waals surface area contributed by atoms with Crippen LogP contribution in [0.25, 0.3) is 0 Å². The fourth-order valence-corrected chi connectivity index (χ4v) is 2.19. The molecule has 2 aromatic rings. The van der Waals surface area contributed by atoms with E-state index in [9.17, 15) is 9.90 Å². The second-order valence-electron chi connectivity index (χ2n) is 4.99. The molecule has 0 fully saturated rings. The van der Waals surface area contributed by atoms with Crippen molar-refractivity contribution in [3.63, 3.8) is 0 Å². The molecular formula is C17H20N2O2. The molecule has 0 aromatic heterocycles. The second-order valence-corrected chi connectivity index (χ2v) is 4.99. The monoisotopic (exact) mass is 284 g/mol. The summed E-state index contributed by atoms with van der Waals surface area (Å²) in [6.45, 7) is 3.06. The maximum atomic E-state index is 12.7. The first-order valence-electron chi connectivity index (χ1n) is 6.99. The van der Waals surface area contributed by atoms with Crippen LogP contribution in [0.4, 0.5) is 5.69 Å². The number of anilines is 1. The molecule has 110 valence electrons. The van der Waals surface area contributed by atoms with Gasteiger partial charge in [-0.05, 0) is 55.8 Å². The quantitative estimate of drug-likeness (QED) is 0.887. The molecule has 4 heteroatoms. The van der Waals surface area contributed by atoms with Crippen molar-refractivity contribution >= 4 is 11.6 Å². The zero-order chi connectivity index (χ0) is 15.2. The van der Waals surface area contributed by atoms with E-state index in [0.29, 0.717) is 18.7 Å². The first kappa shape index (κ1) is 15.1. The molecule has 0 atom stereocenters. The fraction of sp³-hybridized carbons (Fsp3) is 0.235. The van der Waals surface area contributed by atoms with Crippen LogP contribution in [0.15, 0.2) is 48.5 Å². The van der Waals surface area contributed by atoms with Crippen molar-refractivity contribution < 1.29 is 9.90 Å². The van der Waals surface area contributed by atoms with E-state index in [1.165, 1.54) is 6.07 Å². The molecule has 0 aliphatic heterocycles. The largest absolute Gasteiger partial charge is 0.508 e. The van der Waals surface area contributed by atoms with Crippen LogP contribution in [-0.2, 0) is 0 Å². The molecule has 1 amide bonds. The van der Waals surface area contributed by atoms with Crippen LogP contribution >= 0.6 is 0 Å². The molecule has 2 rings (SSSR count). The molecule has 0 heterocycles. The van der Waals surface area contributed by atoms with Gasteiger partial charge in [-0.3, -0.25) is 4.79 Å². The number of phenolic OH excluding ortho intramolecular Hbond substituents is 1. The van der Waals surface area contributed by atoms with Gasteiger partial charge in [-0.15, -0.1) is 0 Å². The van der Waals surface area contributed by atoms with Crippen molar-refractivity contribution in [1.29, 1.82) is 0 Å². The summed E-state index contributed by atoms with van der Waals surface area (Å²) in [4.78, 5) is 14.4. The minimum absolute atomic E-state index is 0.0869. The zero-order valence-electron chi connectivity index (χ0n) is 12.1. The van der Waals surface area contributed by atoms with E-state index in [2.05, 4.69) is 0 Å². The van der Waals surface area contributed by atoms with Crippen molar-refractivity contribution in [1.82, 2.24) is 0 Å². The van der Waals surface area contributed by atoms with Crippen LogP contribution in [0.1, 0.15) is 22.3 Å². The predicted octanol–water partition coefficient (Wildman–Crippen LogP) is 2.70. The van der Waals surface area contributed by atoms with Gasteiger partial charge < -0.3 is 15.7 Å². The Bertz CT molecular complexity index is 626. The Morgan fingerprint density at radius 2 is 1.95 bits per heavy atom. The molecule has 21 heavy (non-hydrogen) atoms. The maximum absolute atomic E-state index is 12.7. The van der Waals surface area contributed by atoms with Crippen molar-refractivity contribution in [3.05, 3.63) is 59.7 Å². The lowest BCUT2D eigenvalue weighted by molar-refractivity contribution is 0.0986. The molecule has 0 bridgehead atoms. The summed E-state index contributed by atoms with van der Waals surface area (Å²) in [5.41, 5.74) is 7.97. The van der Waals surface area contributed by atoms with Gasteiger partial charge in [-0.25, -0.2) is 0 Å². The van der Waals surface area contributed by atoms with E-state index in [-0.39, 0.29) is 11.7 Å². The van der Waals surface area contributed by atoms with E-state index in [1.807, 2.05) is 31.2 Å². The van der Waals surface area contributed by atoms with Gasteiger partial charge >= 0.3 is 0 Å². The zero-order valence-corrected chi connectivity index (χ0v) is 12.1. The number of nitrogens with zero attached hydrogens (tertiary/aromatic N) is 1. The summed E-state index contributed by atoms with van der Waals surface area (Å²) >= 11 is 0. The highest BCUT2D eigenvalue weighted by Gasteiger charge is 2.17. The highest BCUT2D eigenvalue weighted by atomic mass is 16.3. The first-order chi connectivity index (χ1) is 10.1. The second kappa shape index (κ2) is 6.90. The number of carbonyl (C=O) groups excluding carboxylic acids is 1. The smallest absolute Gasteiger partial charge is 0.258 e. The Morgan fingerprint density at radius 3 is 2.62 bits per heavy atom. The lowest BCUT2D eigenvalue weighted by atomic mass is 10.1. The molecule has 0 radical (unpaired) electrons. The van der Waals surface area contributed by atoms with E-state index in [0.717, 1.165) is 17.7 Å². The SMILES string of the molecule is Cc1cccc(N(CCCN)C(=O)c2cccc(O)c2)c1. The van der Waals surface area contributed by atoms with Gasteiger partial charge in [0.15, 0.2) is 0 Å².